The Hall–Kier alpha value is -0.270. The van der Waals surface area contributed by atoms with Gasteiger partial charge in [0.1, 0.15) is 0 Å². The Morgan fingerprint density at radius 1 is 1.39 bits per heavy atom. The maximum atomic E-state index is 9.19. The van der Waals surface area contributed by atoms with Crippen LogP contribution in [0.4, 0.5) is 0 Å². The quantitative estimate of drug-likeness (QED) is 0.494. The molecule has 0 aliphatic carbocycles. The summed E-state index contributed by atoms with van der Waals surface area (Å²) in [6.07, 6.45) is 0.715. The minimum atomic E-state index is -3.67. The molecule has 0 saturated carbocycles. The van der Waals surface area contributed by atoms with Gasteiger partial charge in [-0.3, -0.25) is 9.96 Å². The first-order chi connectivity index (χ1) is 8.16. The summed E-state index contributed by atoms with van der Waals surface area (Å²) in [5, 5.41) is 9.21. The zero-order chi connectivity index (χ0) is 14.3. The third-order valence-corrected chi connectivity index (χ3v) is 2.89. The molecule has 0 atom stereocenters. The predicted octanol–water partition coefficient (Wildman–Crippen LogP) is 3.58. The van der Waals surface area contributed by atoms with E-state index in [4.69, 9.17) is 33.2 Å². The molecule has 0 aromatic heterocycles. The number of nitrogens with one attached hydrogen (secondary N) is 1. The van der Waals surface area contributed by atoms with Crippen LogP contribution in [0.15, 0.2) is 18.2 Å². The lowest BCUT2D eigenvalue weighted by molar-refractivity contribution is 0.490. The third-order valence-electron chi connectivity index (χ3n) is 1.48. The molecule has 4 nitrogen and oxygen atoms in total. The van der Waals surface area contributed by atoms with E-state index >= 15 is 0 Å². The van der Waals surface area contributed by atoms with Gasteiger partial charge in [-0.05, 0) is 17.9 Å². The van der Waals surface area contributed by atoms with Crippen molar-refractivity contribution in [2.75, 3.05) is 12.0 Å². The van der Waals surface area contributed by atoms with Crippen LogP contribution in [0.2, 0.25) is 10.0 Å². The van der Waals surface area contributed by atoms with E-state index in [1.54, 1.807) is 18.2 Å². The van der Waals surface area contributed by atoms with Gasteiger partial charge in [0.15, 0.2) is 0 Å². The minimum Gasteiger partial charge on any atom is -0.293 e. The van der Waals surface area contributed by atoms with E-state index in [-0.39, 0.29) is 0 Å². The van der Waals surface area contributed by atoms with Crippen LogP contribution in [0.3, 0.4) is 0 Å². The number of halogens is 2. The van der Waals surface area contributed by atoms with E-state index in [9.17, 15) is 8.42 Å². The zero-order valence-corrected chi connectivity index (χ0v) is 12.9. The first-order valence-corrected chi connectivity index (χ1v) is 8.34. The SMILES string of the molecule is CCSC(=N)c1c(Cl)cccc1Cl.CS(=O)(=O)O. The molecule has 102 valence electrons. The first kappa shape index (κ1) is 17.7. The van der Waals surface area contributed by atoms with Crippen LogP contribution in [-0.2, 0) is 10.1 Å². The molecular weight excluding hydrogens is 317 g/mol. The molecule has 2 N–H and O–H groups in total. The summed E-state index contributed by atoms with van der Waals surface area (Å²) in [5.74, 6) is 0.848. The summed E-state index contributed by atoms with van der Waals surface area (Å²) in [5.41, 5.74) is 0.637. The summed E-state index contributed by atoms with van der Waals surface area (Å²) >= 11 is 13.3. The molecule has 0 heterocycles. The fraction of sp³-hybridized carbons (Fsp3) is 0.300. The van der Waals surface area contributed by atoms with E-state index in [2.05, 4.69) is 0 Å². The minimum absolute atomic E-state index is 0.429. The van der Waals surface area contributed by atoms with E-state index in [0.717, 1.165) is 5.75 Å². The Labute approximate surface area is 121 Å². The molecule has 0 aliphatic heterocycles. The Kier molecular flexibility index (Phi) is 7.89. The molecule has 0 saturated heterocycles. The molecule has 0 unspecified atom stereocenters. The number of hydrogen-bond donors (Lipinski definition) is 2. The molecule has 0 spiro atoms. The molecule has 8 heteroatoms. The van der Waals surface area contributed by atoms with Gasteiger partial charge >= 0.3 is 0 Å². The molecule has 1 rings (SSSR count). The van der Waals surface area contributed by atoms with Crippen molar-refractivity contribution in [1.29, 1.82) is 5.41 Å². The van der Waals surface area contributed by atoms with Crippen LogP contribution in [0, 0.1) is 5.41 Å². The second-order valence-electron chi connectivity index (χ2n) is 3.09. The Morgan fingerprint density at radius 3 is 2.11 bits per heavy atom. The van der Waals surface area contributed by atoms with Gasteiger partial charge in [0.2, 0.25) is 0 Å². The average Bonchev–Trinajstić information content (AvgIpc) is 2.14. The maximum Gasteiger partial charge on any atom is 0.261 e. The largest absolute Gasteiger partial charge is 0.293 e. The van der Waals surface area contributed by atoms with Gasteiger partial charge < -0.3 is 0 Å². The van der Waals surface area contributed by atoms with Crippen molar-refractivity contribution in [3.63, 3.8) is 0 Å². The molecular formula is C10H13Cl2NO3S2. The normalized spacial score (nSPS) is 10.5. The summed E-state index contributed by atoms with van der Waals surface area (Å²) in [7, 11) is -3.67. The van der Waals surface area contributed by atoms with Crippen molar-refractivity contribution < 1.29 is 13.0 Å². The van der Waals surface area contributed by atoms with Gasteiger partial charge in [-0.1, -0.05) is 36.2 Å². The number of thioether (sulfide) groups is 1. The Morgan fingerprint density at radius 2 is 1.78 bits per heavy atom. The average molecular weight is 330 g/mol. The van der Waals surface area contributed by atoms with Crippen LogP contribution >= 0.6 is 35.0 Å². The number of hydrogen-bond acceptors (Lipinski definition) is 4. The van der Waals surface area contributed by atoms with Gasteiger partial charge in [0.25, 0.3) is 10.1 Å². The Bertz CT molecular complexity index is 490. The van der Waals surface area contributed by atoms with Crippen LogP contribution < -0.4 is 0 Å². The van der Waals surface area contributed by atoms with Gasteiger partial charge in [-0.2, -0.15) is 8.42 Å². The number of rotatable bonds is 2. The zero-order valence-electron chi connectivity index (χ0n) is 9.78. The lowest BCUT2D eigenvalue weighted by Gasteiger charge is -2.06. The standard InChI is InChI=1S/C9H9Cl2NS.CH4O3S/c1-2-13-9(12)8-6(10)4-3-5-7(8)11;1-5(2,3)4/h3-5,12H,2H2,1H3;1H3,(H,2,3,4). The van der Waals surface area contributed by atoms with Gasteiger partial charge in [-0.25, -0.2) is 0 Å². The van der Waals surface area contributed by atoms with Crippen molar-refractivity contribution in [3.8, 4) is 0 Å². The lowest BCUT2D eigenvalue weighted by Crippen LogP contribution is -1.96. The Balaban J connectivity index is 0.000000494. The molecule has 18 heavy (non-hydrogen) atoms. The van der Waals surface area contributed by atoms with Crippen LogP contribution in [0.25, 0.3) is 0 Å². The van der Waals surface area contributed by atoms with Gasteiger partial charge in [0.05, 0.1) is 21.3 Å². The highest BCUT2D eigenvalue weighted by Gasteiger charge is 2.10. The van der Waals surface area contributed by atoms with Crippen LogP contribution in [-0.4, -0.2) is 30.0 Å². The maximum absolute atomic E-state index is 9.19. The van der Waals surface area contributed by atoms with E-state index < -0.39 is 10.1 Å². The first-order valence-electron chi connectivity index (χ1n) is 4.75. The fourth-order valence-electron chi connectivity index (χ4n) is 0.931. The van der Waals surface area contributed by atoms with E-state index in [1.165, 1.54) is 11.8 Å². The summed E-state index contributed by atoms with van der Waals surface area (Å²) in [6.45, 7) is 1.99. The van der Waals surface area contributed by atoms with Gasteiger partial charge in [-0.15, -0.1) is 11.8 Å². The fourth-order valence-corrected chi connectivity index (χ4v) is 2.28. The van der Waals surface area contributed by atoms with Crippen molar-refractivity contribution in [2.24, 2.45) is 0 Å². The summed E-state index contributed by atoms with van der Waals surface area (Å²) < 4.78 is 25.9. The van der Waals surface area contributed by atoms with Crippen molar-refractivity contribution in [1.82, 2.24) is 0 Å². The molecule has 1 aromatic carbocycles. The van der Waals surface area contributed by atoms with Gasteiger partial charge in [0, 0.05) is 5.56 Å². The van der Waals surface area contributed by atoms with E-state index in [1.807, 2.05) is 6.92 Å². The lowest BCUT2D eigenvalue weighted by atomic mass is 10.2. The topological polar surface area (TPSA) is 78.2 Å². The molecule has 0 bridgehead atoms. The van der Waals surface area contributed by atoms with Crippen LogP contribution in [0.5, 0.6) is 0 Å². The summed E-state index contributed by atoms with van der Waals surface area (Å²) in [6, 6.07) is 5.26. The van der Waals surface area contributed by atoms with Crippen LogP contribution in [0.1, 0.15) is 12.5 Å². The highest BCUT2D eigenvalue weighted by Crippen LogP contribution is 2.27. The highest BCUT2D eigenvalue weighted by molar-refractivity contribution is 8.14. The van der Waals surface area contributed by atoms with Crippen molar-refractivity contribution >= 4 is 50.1 Å². The number of benzene rings is 1. The molecule has 0 amide bonds. The third kappa shape index (κ3) is 7.94. The van der Waals surface area contributed by atoms with Crippen molar-refractivity contribution in [2.45, 2.75) is 6.92 Å². The smallest absolute Gasteiger partial charge is 0.261 e. The molecule has 0 fully saturated rings. The molecule has 0 aliphatic rings. The second-order valence-corrected chi connectivity index (χ2v) is 6.65. The second kappa shape index (κ2) is 8.01. The molecule has 1 aromatic rings. The van der Waals surface area contributed by atoms with Crippen molar-refractivity contribution in [3.05, 3.63) is 33.8 Å². The monoisotopic (exact) mass is 329 g/mol. The highest BCUT2D eigenvalue weighted by atomic mass is 35.5. The predicted molar refractivity (Wildman–Crippen MR) is 78.9 cm³/mol. The molecule has 0 radical (unpaired) electrons. The summed E-state index contributed by atoms with van der Waals surface area (Å²) in [4.78, 5) is 0. The van der Waals surface area contributed by atoms with E-state index in [0.29, 0.717) is 26.9 Å².